The summed E-state index contributed by atoms with van der Waals surface area (Å²) in [4.78, 5) is 16.4. The number of rotatable bonds is 8. The van der Waals surface area contributed by atoms with Crippen molar-refractivity contribution in [3.8, 4) is 11.5 Å². The molecule has 3 N–H and O–H groups in total. The molecule has 0 spiro atoms. The Kier molecular flexibility index (Phi) is 8.41. The van der Waals surface area contributed by atoms with Gasteiger partial charge in [-0.25, -0.2) is 0 Å². The van der Waals surface area contributed by atoms with Gasteiger partial charge in [-0.3, -0.25) is 9.79 Å². The van der Waals surface area contributed by atoms with Gasteiger partial charge in [0, 0.05) is 32.2 Å². The minimum atomic E-state index is -0.0837. The summed E-state index contributed by atoms with van der Waals surface area (Å²) >= 11 is 6.32. The third-order valence-electron chi connectivity index (χ3n) is 4.79. The van der Waals surface area contributed by atoms with E-state index in [0.717, 1.165) is 36.5 Å². The van der Waals surface area contributed by atoms with E-state index in [1.165, 1.54) is 0 Å². The molecule has 2 aromatic rings. The summed E-state index contributed by atoms with van der Waals surface area (Å²) in [6.07, 6.45) is 1.52. The summed E-state index contributed by atoms with van der Waals surface area (Å²) < 4.78 is 11.2. The Balaban J connectivity index is 1.53. The summed E-state index contributed by atoms with van der Waals surface area (Å²) in [5.74, 6) is 2.00. The van der Waals surface area contributed by atoms with Gasteiger partial charge in [-0.05, 0) is 55.2 Å². The minimum absolute atomic E-state index is 0.0837. The predicted octanol–water partition coefficient (Wildman–Crippen LogP) is 2.81. The van der Waals surface area contributed by atoms with Gasteiger partial charge in [-0.15, -0.1) is 0 Å². The minimum Gasteiger partial charge on any atom is -0.486 e. The van der Waals surface area contributed by atoms with Crippen LogP contribution in [0, 0.1) is 0 Å². The molecule has 0 aromatic heterocycles. The van der Waals surface area contributed by atoms with E-state index in [2.05, 4.69) is 20.9 Å². The number of hydrogen-bond acceptors (Lipinski definition) is 4. The quantitative estimate of drug-likeness (QED) is 0.430. The van der Waals surface area contributed by atoms with E-state index in [4.69, 9.17) is 21.1 Å². The van der Waals surface area contributed by atoms with Crippen molar-refractivity contribution in [1.82, 2.24) is 16.0 Å². The number of nitrogens with zero attached hydrogens (tertiary/aromatic N) is 1. The second-order valence-electron chi connectivity index (χ2n) is 7.07. The first kappa shape index (κ1) is 22.7. The number of aliphatic imine (C=N–C) groups is 1. The van der Waals surface area contributed by atoms with Crippen LogP contribution in [0.1, 0.15) is 28.4 Å². The lowest BCUT2D eigenvalue weighted by Crippen LogP contribution is -2.38. The number of carbonyl (C=O) groups is 1. The Morgan fingerprint density at radius 3 is 2.74 bits per heavy atom. The van der Waals surface area contributed by atoms with Crippen LogP contribution < -0.4 is 25.4 Å². The summed E-state index contributed by atoms with van der Waals surface area (Å²) in [6.45, 7) is 5.18. The van der Waals surface area contributed by atoms with Crippen LogP contribution in [-0.4, -0.2) is 51.8 Å². The Morgan fingerprint density at radius 2 is 1.94 bits per heavy atom. The third-order valence-corrected chi connectivity index (χ3v) is 5.07. The number of fused-ring (bicyclic) bond motifs is 1. The second-order valence-corrected chi connectivity index (χ2v) is 7.48. The maximum Gasteiger partial charge on any atom is 0.251 e. The van der Waals surface area contributed by atoms with Gasteiger partial charge in [0.15, 0.2) is 17.5 Å². The molecule has 1 amide bonds. The van der Waals surface area contributed by atoms with Gasteiger partial charge in [-0.1, -0.05) is 23.7 Å². The summed E-state index contributed by atoms with van der Waals surface area (Å²) in [5, 5.41) is 9.84. The van der Waals surface area contributed by atoms with E-state index in [9.17, 15) is 4.79 Å². The molecule has 0 atom stereocenters. The summed E-state index contributed by atoms with van der Waals surface area (Å²) in [6, 6.07) is 11.5. The fourth-order valence-electron chi connectivity index (χ4n) is 3.28. The summed E-state index contributed by atoms with van der Waals surface area (Å²) in [5.41, 5.74) is 2.81. The van der Waals surface area contributed by atoms with Crippen LogP contribution in [0.3, 0.4) is 0 Å². The summed E-state index contributed by atoms with van der Waals surface area (Å²) in [7, 11) is 1.63. The van der Waals surface area contributed by atoms with Gasteiger partial charge in [0.1, 0.15) is 13.2 Å². The molecule has 0 saturated carbocycles. The van der Waals surface area contributed by atoms with Crippen molar-refractivity contribution in [2.45, 2.75) is 19.8 Å². The molecule has 0 fully saturated rings. The van der Waals surface area contributed by atoms with Gasteiger partial charge >= 0.3 is 0 Å². The average molecular weight is 445 g/mol. The molecule has 1 heterocycles. The maximum absolute atomic E-state index is 11.8. The zero-order chi connectivity index (χ0) is 22.1. The fraction of sp³-hybridized carbons (Fsp3) is 0.391. The lowest BCUT2D eigenvalue weighted by atomic mass is 10.1. The number of halogens is 1. The number of guanidine groups is 1. The highest BCUT2D eigenvalue weighted by atomic mass is 35.5. The van der Waals surface area contributed by atoms with Crippen molar-refractivity contribution >= 4 is 23.5 Å². The van der Waals surface area contributed by atoms with Gasteiger partial charge in [0.2, 0.25) is 0 Å². The molecule has 0 aliphatic carbocycles. The van der Waals surface area contributed by atoms with Crippen LogP contribution in [0.5, 0.6) is 11.5 Å². The number of carbonyl (C=O) groups excluding carboxylic acids is 1. The monoisotopic (exact) mass is 444 g/mol. The molecule has 0 bridgehead atoms. The van der Waals surface area contributed by atoms with E-state index in [-0.39, 0.29) is 5.91 Å². The predicted molar refractivity (Wildman–Crippen MR) is 124 cm³/mol. The Labute approximate surface area is 188 Å². The van der Waals surface area contributed by atoms with E-state index >= 15 is 0 Å². The molecule has 0 saturated heterocycles. The third kappa shape index (κ3) is 6.52. The second kappa shape index (κ2) is 11.5. The lowest BCUT2D eigenvalue weighted by Gasteiger charge is -2.20. The molecule has 0 radical (unpaired) electrons. The number of ether oxygens (including phenoxy) is 2. The fourth-order valence-corrected chi connectivity index (χ4v) is 3.57. The highest BCUT2D eigenvalue weighted by Crippen LogP contribution is 2.38. The standard InChI is InChI=1S/C23H29ClN4O3/c1-3-26-23(27-9-7-16-5-4-6-18(13-16)22(29)25-2)28-10-8-17-14-19(24)21-20(15-17)30-11-12-31-21/h4-6,13-15H,3,7-12H2,1-2H3,(H,25,29)(H2,26,27,28). The number of benzene rings is 2. The molecule has 1 aliphatic rings. The first-order chi connectivity index (χ1) is 15.1. The maximum atomic E-state index is 11.8. The van der Waals surface area contributed by atoms with Crippen LogP contribution in [0.4, 0.5) is 0 Å². The normalized spacial score (nSPS) is 12.9. The largest absolute Gasteiger partial charge is 0.486 e. The molecule has 0 unspecified atom stereocenters. The van der Waals surface area contributed by atoms with Crippen LogP contribution in [-0.2, 0) is 12.8 Å². The number of hydrogen-bond donors (Lipinski definition) is 3. The molecular formula is C23H29ClN4O3. The van der Waals surface area contributed by atoms with Crippen molar-refractivity contribution in [3.05, 3.63) is 58.1 Å². The van der Waals surface area contributed by atoms with Crippen LogP contribution in [0.25, 0.3) is 0 Å². The molecule has 1 aliphatic heterocycles. The Bertz CT molecular complexity index is 933. The van der Waals surface area contributed by atoms with Crippen molar-refractivity contribution in [3.63, 3.8) is 0 Å². The molecule has 2 aromatic carbocycles. The first-order valence-electron chi connectivity index (χ1n) is 10.5. The number of nitrogens with one attached hydrogen (secondary N) is 3. The molecule has 8 heteroatoms. The van der Waals surface area contributed by atoms with Crippen molar-refractivity contribution in [2.24, 2.45) is 4.99 Å². The molecule has 7 nitrogen and oxygen atoms in total. The lowest BCUT2D eigenvalue weighted by molar-refractivity contribution is 0.0963. The molecule has 31 heavy (non-hydrogen) atoms. The van der Waals surface area contributed by atoms with Crippen molar-refractivity contribution in [2.75, 3.05) is 39.9 Å². The smallest absolute Gasteiger partial charge is 0.251 e. The SMILES string of the molecule is CCNC(=NCCc1cccc(C(=O)NC)c1)NCCc1cc(Cl)c2c(c1)OCCO2. The van der Waals surface area contributed by atoms with Crippen LogP contribution in [0.2, 0.25) is 5.02 Å². The van der Waals surface area contributed by atoms with Gasteiger partial charge in [0.05, 0.1) is 5.02 Å². The van der Waals surface area contributed by atoms with E-state index < -0.39 is 0 Å². The molecule has 166 valence electrons. The highest BCUT2D eigenvalue weighted by Gasteiger charge is 2.16. The van der Waals surface area contributed by atoms with Crippen molar-refractivity contribution < 1.29 is 14.3 Å². The number of amides is 1. The molecular weight excluding hydrogens is 416 g/mol. The van der Waals surface area contributed by atoms with E-state index in [0.29, 0.717) is 48.4 Å². The molecule has 3 rings (SSSR count). The van der Waals surface area contributed by atoms with Crippen LogP contribution >= 0.6 is 11.6 Å². The van der Waals surface area contributed by atoms with Gasteiger partial charge < -0.3 is 25.4 Å². The first-order valence-corrected chi connectivity index (χ1v) is 10.9. The topological polar surface area (TPSA) is 84.0 Å². The van der Waals surface area contributed by atoms with Crippen LogP contribution in [0.15, 0.2) is 41.4 Å². The Hall–Kier alpha value is -2.93. The van der Waals surface area contributed by atoms with E-state index in [1.54, 1.807) is 13.1 Å². The van der Waals surface area contributed by atoms with Gasteiger partial charge in [0.25, 0.3) is 5.91 Å². The van der Waals surface area contributed by atoms with Gasteiger partial charge in [-0.2, -0.15) is 0 Å². The average Bonchev–Trinajstić information content (AvgIpc) is 2.79. The zero-order valence-electron chi connectivity index (χ0n) is 18.0. The zero-order valence-corrected chi connectivity index (χ0v) is 18.7. The Morgan fingerprint density at radius 1 is 1.10 bits per heavy atom. The highest BCUT2D eigenvalue weighted by molar-refractivity contribution is 6.32. The van der Waals surface area contributed by atoms with Crippen molar-refractivity contribution in [1.29, 1.82) is 0 Å². The van der Waals surface area contributed by atoms with E-state index in [1.807, 2.05) is 37.3 Å².